The molecule has 17 heavy (non-hydrogen) atoms. The van der Waals surface area contributed by atoms with E-state index in [1.165, 1.54) is 28.4 Å². The van der Waals surface area contributed by atoms with E-state index in [9.17, 15) is 9.59 Å². The van der Waals surface area contributed by atoms with Gasteiger partial charge in [0, 0.05) is 20.1 Å². The highest BCUT2D eigenvalue weighted by Crippen LogP contribution is 2.48. The fourth-order valence-electron chi connectivity index (χ4n) is 2.12. The lowest BCUT2D eigenvalue weighted by atomic mass is 9.72. The normalized spacial score (nSPS) is 21.8. The van der Waals surface area contributed by atoms with Crippen molar-refractivity contribution in [2.75, 3.05) is 28.4 Å². The molecule has 0 radical (unpaired) electrons. The summed E-state index contributed by atoms with van der Waals surface area (Å²) < 4.78 is 19.7. The minimum atomic E-state index is -1.24. The molecule has 0 aromatic heterocycles. The fraction of sp³-hybridized carbons (Fsp3) is 0.636. The smallest absolute Gasteiger partial charge is 0.339 e. The summed E-state index contributed by atoms with van der Waals surface area (Å²) in [5.74, 6) is -2.88. The molecule has 0 bridgehead atoms. The highest BCUT2D eigenvalue weighted by Gasteiger charge is 2.59. The van der Waals surface area contributed by atoms with Gasteiger partial charge >= 0.3 is 11.9 Å². The number of methoxy groups -OCH3 is 4. The van der Waals surface area contributed by atoms with Crippen molar-refractivity contribution in [1.82, 2.24) is 0 Å². The highest BCUT2D eigenvalue weighted by molar-refractivity contribution is 6.05. The summed E-state index contributed by atoms with van der Waals surface area (Å²) in [7, 11) is 5.27. The second-order valence-corrected chi connectivity index (χ2v) is 3.57. The van der Waals surface area contributed by atoms with Gasteiger partial charge < -0.3 is 18.9 Å². The van der Waals surface area contributed by atoms with Gasteiger partial charge in [-0.1, -0.05) is 6.92 Å². The monoisotopic (exact) mass is 244 g/mol. The molecule has 1 atom stereocenters. The van der Waals surface area contributed by atoms with Gasteiger partial charge in [-0.15, -0.1) is 0 Å². The summed E-state index contributed by atoms with van der Waals surface area (Å²) in [4.78, 5) is 23.2. The molecule has 0 spiro atoms. The average Bonchev–Trinajstić information content (AvgIpc) is 2.36. The van der Waals surface area contributed by atoms with E-state index in [1.807, 2.05) is 0 Å². The first-order valence-corrected chi connectivity index (χ1v) is 5.01. The minimum Gasteiger partial charge on any atom is -0.466 e. The zero-order valence-corrected chi connectivity index (χ0v) is 10.5. The van der Waals surface area contributed by atoms with Crippen molar-refractivity contribution in [3.63, 3.8) is 0 Å². The zero-order valence-electron chi connectivity index (χ0n) is 10.5. The van der Waals surface area contributed by atoms with Crippen LogP contribution in [0.1, 0.15) is 6.92 Å². The average molecular weight is 244 g/mol. The lowest BCUT2D eigenvalue weighted by Crippen LogP contribution is -2.56. The molecule has 0 saturated carbocycles. The number of hydrogen-bond acceptors (Lipinski definition) is 6. The standard InChI is InChI=1S/C11H16O6/c1-6-7(9(12)14-2)8(10(13)15-3)11(6,16-4)17-5/h6H,1-5H3. The molecule has 0 heterocycles. The maximum atomic E-state index is 11.7. The largest absolute Gasteiger partial charge is 0.466 e. The third kappa shape index (κ3) is 1.73. The van der Waals surface area contributed by atoms with Gasteiger partial charge in [-0.25, -0.2) is 9.59 Å². The summed E-state index contributed by atoms with van der Waals surface area (Å²) in [5, 5.41) is 0. The number of hydrogen-bond donors (Lipinski definition) is 0. The van der Waals surface area contributed by atoms with Crippen LogP contribution in [0.3, 0.4) is 0 Å². The first-order valence-electron chi connectivity index (χ1n) is 5.01. The summed E-state index contributed by atoms with van der Waals surface area (Å²) in [6.07, 6.45) is 0. The molecule has 1 rings (SSSR count). The number of esters is 2. The van der Waals surface area contributed by atoms with Crippen molar-refractivity contribution in [3.05, 3.63) is 11.1 Å². The highest BCUT2D eigenvalue weighted by atomic mass is 16.7. The number of carbonyl (C=O) groups is 2. The summed E-state index contributed by atoms with van der Waals surface area (Å²) in [6.45, 7) is 1.71. The van der Waals surface area contributed by atoms with E-state index in [0.29, 0.717) is 0 Å². The van der Waals surface area contributed by atoms with E-state index in [2.05, 4.69) is 9.47 Å². The topological polar surface area (TPSA) is 71.1 Å². The Labute approximate surface area is 99.5 Å². The molecule has 0 aliphatic heterocycles. The van der Waals surface area contributed by atoms with Gasteiger partial charge in [-0.2, -0.15) is 0 Å². The van der Waals surface area contributed by atoms with Crippen molar-refractivity contribution in [2.24, 2.45) is 5.92 Å². The second kappa shape index (κ2) is 4.85. The Bertz CT molecular complexity index is 366. The maximum Gasteiger partial charge on any atom is 0.339 e. The molecule has 6 heteroatoms. The van der Waals surface area contributed by atoms with Gasteiger partial charge in [0.15, 0.2) is 0 Å². The molecule has 96 valence electrons. The molecule has 0 aromatic carbocycles. The Morgan fingerprint density at radius 2 is 1.47 bits per heavy atom. The van der Waals surface area contributed by atoms with Crippen LogP contribution in [0.2, 0.25) is 0 Å². The van der Waals surface area contributed by atoms with Crippen LogP contribution < -0.4 is 0 Å². The zero-order chi connectivity index (χ0) is 13.2. The van der Waals surface area contributed by atoms with E-state index >= 15 is 0 Å². The Hall–Kier alpha value is -1.40. The Morgan fingerprint density at radius 1 is 1.00 bits per heavy atom. The minimum absolute atomic E-state index is 0.0596. The van der Waals surface area contributed by atoms with E-state index in [1.54, 1.807) is 6.92 Å². The molecule has 6 nitrogen and oxygen atoms in total. The Balaban J connectivity index is 3.29. The molecule has 0 saturated heterocycles. The van der Waals surface area contributed by atoms with Gasteiger partial charge in [0.2, 0.25) is 5.79 Å². The van der Waals surface area contributed by atoms with Crippen LogP contribution in [0.25, 0.3) is 0 Å². The Kier molecular flexibility index (Phi) is 3.90. The van der Waals surface area contributed by atoms with Crippen molar-refractivity contribution >= 4 is 11.9 Å². The maximum absolute atomic E-state index is 11.7. The van der Waals surface area contributed by atoms with Gasteiger partial charge in [0.25, 0.3) is 0 Å². The predicted octanol–water partition coefficient (Wildman–Crippen LogP) is 0.268. The number of rotatable bonds is 4. The summed E-state index contributed by atoms with van der Waals surface area (Å²) in [6, 6.07) is 0. The van der Waals surface area contributed by atoms with Crippen molar-refractivity contribution in [1.29, 1.82) is 0 Å². The molecule has 0 N–H and O–H groups in total. The van der Waals surface area contributed by atoms with Crippen molar-refractivity contribution in [3.8, 4) is 0 Å². The van der Waals surface area contributed by atoms with Gasteiger partial charge in [0.05, 0.1) is 19.8 Å². The molecular weight excluding hydrogens is 228 g/mol. The van der Waals surface area contributed by atoms with E-state index in [4.69, 9.17) is 9.47 Å². The van der Waals surface area contributed by atoms with Crippen LogP contribution in [-0.2, 0) is 28.5 Å². The van der Waals surface area contributed by atoms with Crippen LogP contribution in [-0.4, -0.2) is 46.2 Å². The van der Waals surface area contributed by atoms with Crippen molar-refractivity contribution < 1.29 is 28.5 Å². The fourth-order valence-corrected chi connectivity index (χ4v) is 2.12. The Morgan fingerprint density at radius 3 is 1.82 bits per heavy atom. The molecule has 1 aliphatic rings. The lowest BCUT2D eigenvalue weighted by Gasteiger charge is -2.46. The molecular formula is C11H16O6. The number of ether oxygens (including phenoxy) is 4. The molecule has 1 unspecified atom stereocenters. The third-order valence-corrected chi connectivity index (χ3v) is 3.02. The van der Waals surface area contributed by atoms with E-state index < -0.39 is 23.6 Å². The van der Waals surface area contributed by atoms with Gasteiger partial charge in [0.1, 0.15) is 5.57 Å². The van der Waals surface area contributed by atoms with Crippen LogP contribution in [0.5, 0.6) is 0 Å². The van der Waals surface area contributed by atoms with Crippen LogP contribution in [0.15, 0.2) is 11.1 Å². The van der Waals surface area contributed by atoms with Crippen molar-refractivity contribution in [2.45, 2.75) is 12.7 Å². The van der Waals surface area contributed by atoms with Crippen LogP contribution in [0.4, 0.5) is 0 Å². The van der Waals surface area contributed by atoms with Crippen LogP contribution in [0, 0.1) is 5.92 Å². The molecule has 0 fully saturated rings. The second-order valence-electron chi connectivity index (χ2n) is 3.57. The van der Waals surface area contributed by atoms with Crippen LogP contribution >= 0.6 is 0 Å². The summed E-state index contributed by atoms with van der Waals surface area (Å²) in [5.41, 5.74) is 0.285. The van der Waals surface area contributed by atoms with Gasteiger partial charge in [-0.3, -0.25) is 0 Å². The summed E-state index contributed by atoms with van der Waals surface area (Å²) >= 11 is 0. The molecule has 0 amide bonds. The quantitative estimate of drug-likeness (QED) is 0.522. The molecule has 0 aromatic rings. The van der Waals surface area contributed by atoms with E-state index in [-0.39, 0.29) is 11.1 Å². The van der Waals surface area contributed by atoms with Gasteiger partial charge in [-0.05, 0) is 0 Å². The lowest BCUT2D eigenvalue weighted by molar-refractivity contribution is -0.225. The first kappa shape index (κ1) is 13.7. The predicted molar refractivity (Wildman–Crippen MR) is 57.0 cm³/mol. The SMILES string of the molecule is COC(=O)C1=C(C(=O)OC)C(OC)(OC)C1C. The molecule has 1 aliphatic carbocycles. The first-order chi connectivity index (χ1) is 7.99. The third-order valence-electron chi connectivity index (χ3n) is 3.02. The number of carbonyl (C=O) groups excluding carboxylic acids is 2. The van der Waals surface area contributed by atoms with E-state index in [0.717, 1.165) is 0 Å².